The lowest BCUT2D eigenvalue weighted by molar-refractivity contribution is -0.133. The number of para-hydroxylation sites is 1. The van der Waals surface area contributed by atoms with E-state index >= 15 is 0 Å². The zero-order chi connectivity index (χ0) is 21.6. The number of unbranched alkanes of at least 4 members (excludes halogenated alkanes) is 1. The molecule has 1 atom stereocenters. The van der Waals surface area contributed by atoms with E-state index in [1.165, 1.54) is 36.2 Å². The molecule has 31 heavy (non-hydrogen) atoms. The Morgan fingerprint density at radius 1 is 0.903 bits per heavy atom. The van der Waals surface area contributed by atoms with Gasteiger partial charge in [-0.3, -0.25) is 9.59 Å². The molecule has 2 fully saturated rings. The van der Waals surface area contributed by atoms with Crippen molar-refractivity contribution in [1.82, 2.24) is 9.80 Å². The summed E-state index contributed by atoms with van der Waals surface area (Å²) in [5.74, 6) is 1.11. The molecule has 1 aliphatic carbocycles. The molecular formula is C26H37N3O2. The van der Waals surface area contributed by atoms with Gasteiger partial charge in [0.15, 0.2) is 0 Å². The minimum Gasteiger partial charge on any atom is -0.368 e. The number of hydrogen-bond acceptors (Lipinski definition) is 3. The minimum absolute atomic E-state index is 0.241. The average Bonchev–Trinajstić information content (AvgIpc) is 2.81. The third-order valence-electron chi connectivity index (χ3n) is 7.20. The zero-order valence-corrected chi connectivity index (χ0v) is 19.0. The van der Waals surface area contributed by atoms with E-state index in [4.69, 9.17) is 0 Å². The maximum atomic E-state index is 12.8. The van der Waals surface area contributed by atoms with Crippen molar-refractivity contribution in [2.24, 2.45) is 5.92 Å². The van der Waals surface area contributed by atoms with Gasteiger partial charge in [0, 0.05) is 56.9 Å². The molecule has 5 nitrogen and oxygen atoms in total. The molecule has 1 aromatic carbocycles. The Morgan fingerprint density at radius 2 is 1.61 bits per heavy atom. The number of benzene rings is 1. The molecule has 2 heterocycles. The molecule has 0 spiro atoms. The second-order valence-electron chi connectivity index (χ2n) is 9.31. The number of carbonyl (C=O) groups is 2. The number of aryl methyl sites for hydroxylation is 1. The Balaban J connectivity index is 1.17. The van der Waals surface area contributed by atoms with E-state index in [1.807, 2.05) is 4.90 Å². The fraction of sp³-hybridized carbons (Fsp3) is 0.615. The summed E-state index contributed by atoms with van der Waals surface area (Å²) in [5, 5.41) is 0. The lowest BCUT2D eigenvalue weighted by Gasteiger charge is -2.38. The van der Waals surface area contributed by atoms with Crippen LogP contribution in [0.5, 0.6) is 0 Å². The van der Waals surface area contributed by atoms with Crippen molar-refractivity contribution >= 4 is 17.5 Å². The molecule has 3 aliphatic rings. The molecule has 4 rings (SSSR count). The van der Waals surface area contributed by atoms with Crippen LogP contribution in [0.15, 0.2) is 36.0 Å². The van der Waals surface area contributed by atoms with E-state index in [1.54, 1.807) is 0 Å². The maximum absolute atomic E-state index is 12.8. The van der Waals surface area contributed by atoms with Gasteiger partial charge in [-0.2, -0.15) is 0 Å². The molecule has 168 valence electrons. The molecule has 0 saturated carbocycles. The Bertz CT molecular complexity index is 811. The summed E-state index contributed by atoms with van der Waals surface area (Å²) in [6.45, 7) is 6.37. The summed E-state index contributed by atoms with van der Waals surface area (Å²) in [4.78, 5) is 31.9. The molecule has 5 heteroatoms. The number of amides is 2. The molecule has 1 unspecified atom stereocenters. The molecular weight excluding hydrogens is 386 g/mol. The van der Waals surface area contributed by atoms with Crippen molar-refractivity contribution in [1.29, 1.82) is 0 Å². The number of likely N-dealkylation sites (tertiary alicyclic amines) is 1. The molecule has 0 N–H and O–H groups in total. The Morgan fingerprint density at radius 3 is 2.39 bits per heavy atom. The molecule has 2 saturated heterocycles. The number of rotatable bonds is 6. The maximum Gasteiger partial charge on any atom is 0.226 e. The summed E-state index contributed by atoms with van der Waals surface area (Å²) >= 11 is 0. The first-order valence-electron chi connectivity index (χ1n) is 12.2. The standard InChI is InChI=1S/C26H37N3O2/c1-21-9-2-4-12-23(21)27-17-19-28(20-18-27)25(30)14-6-7-15-26(31)29-16-8-11-22-10-3-5-13-24(22)29/h2,4,9,12-13,22H,3,5-8,10-11,14-20H2,1H3. The van der Waals surface area contributed by atoms with Crippen LogP contribution >= 0.6 is 0 Å². The fourth-order valence-electron chi connectivity index (χ4n) is 5.41. The van der Waals surface area contributed by atoms with Crippen LogP contribution in [0.4, 0.5) is 5.69 Å². The van der Waals surface area contributed by atoms with Crippen molar-refractivity contribution in [3.05, 3.63) is 41.6 Å². The van der Waals surface area contributed by atoms with Crippen molar-refractivity contribution < 1.29 is 9.59 Å². The van der Waals surface area contributed by atoms with E-state index in [9.17, 15) is 9.59 Å². The van der Waals surface area contributed by atoms with Gasteiger partial charge >= 0.3 is 0 Å². The number of fused-ring (bicyclic) bond motifs is 1. The van der Waals surface area contributed by atoms with Gasteiger partial charge in [0.05, 0.1) is 0 Å². The van der Waals surface area contributed by atoms with Crippen molar-refractivity contribution in [2.45, 2.75) is 64.7 Å². The third kappa shape index (κ3) is 5.31. The zero-order valence-electron chi connectivity index (χ0n) is 19.0. The topological polar surface area (TPSA) is 43.9 Å². The van der Waals surface area contributed by atoms with Crippen LogP contribution in [0.2, 0.25) is 0 Å². The lowest BCUT2D eigenvalue weighted by Crippen LogP contribution is -2.48. The van der Waals surface area contributed by atoms with Gasteiger partial charge in [-0.15, -0.1) is 0 Å². The number of anilines is 1. The molecule has 0 aromatic heterocycles. The van der Waals surface area contributed by atoms with Crippen LogP contribution < -0.4 is 4.90 Å². The highest BCUT2D eigenvalue weighted by atomic mass is 16.2. The molecule has 0 bridgehead atoms. The van der Waals surface area contributed by atoms with Crippen molar-refractivity contribution in [3.8, 4) is 0 Å². The summed E-state index contributed by atoms with van der Waals surface area (Å²) < 4.78 is 0. The second-order valence-corrected chi connectivity index (χ2v) is 9.31. The molecule has 2 amide bonds. The highest BCUT2D eigenvalue weighted by molar-refractivity contribution is 5.79. The number of allylic oxidation sites excluding steroid dienone is 2. The predicted octanol–water partition coefficient (Wildman–Crippen LogP) is 4.51. The predicted molar refractivity (Wildman–Crippen MR) is 125 cm³/mol. The van der Waals surface area contributed by atoms with E-state index in [0.29, 0.717) is 18.8 Å². The number of piperidine rings is 1. The number of nitrogens with zero attached hydrogens (tertiary/aromatic N) is 3. The van der Waals surface area contributed by atoms with Crippen LogP contribution in [0, 0.1) is 12.8 Å². The van der Waals surface area contributed by atoms with Gasteiger partial charge in [-0.05, 0) is 69.4 Å². The smallest absolute Gasteiger partial charge is 0.226 e. The monoisotopic (exact) mass is 423 g/mol. The van der Waals surface area contributed by atoms with Gasteiger partial charge < -0.3 is 14.7 Å². The average molecular weight is 424 g/mol. The number of hydrogen-bond donors (Lipinski definition) is 0. The largest absolute Gasteiger partial charge is 0.368 e. The molecule has 0 radical (unpaired) electrons. The van der Waals surface area contributed by atoms with Gasteiger partial charge in [-0.25, -0.2) is 0 Å². The summed E-state index contributed by atoms with van der Waals surface area (Å²) in [6, 6.07) is 8.45. The molecule has 1 aromatic rings. The van der Waals surface area contributed by atoms with Crippen molar-refractivity contribution in [3.63, 3.8) is 0 Å². The van der Waals surface area contributed by atoms with E-state index in [0.717, 1.165) is 58.4 Å². The highest BCUT2D eigenvalue weighted by Crippen LogP contribution is 2.35. The Kier molecular flexibility index (Phi) is 7.31. The van der Waals surface area contributed by atoms with Gasteiger partial charge in [0.25, 0.3) is 0 Å². The van der Waals surface area contributed by atoms with Gasteiger partial charge in [0.2, 0.25) is 11.8 Å². The lowest BCUT2D eigenvalue weighted by atomic mass is 9.85. The van der Waals surface area contributed by atoms with Crippen LogP contribution in [0.25, 0.3) is 0 Å². The second kappa shape index (κ2) is 10.3. The summed E-state index contributed by atoms with van der Waals surface area (Å²) in [6.07, 6.45) is 11.0. The van der Waals surface area contributed by atoms with Crippen LogP contribution in [0.1, 0.15) is 63.4 Å². The summed E-state index contributed by atoms with van der Waals surface area (Å²) in [5.41, 5.74) is 3.86. The normalized spacial score (nSPS) is 21.5. The first kappa shape index (κ1) is 21.9. The van der Waals surface area contributed by atoms with Gasteiger partial charge in [0.1, 0.15) is 0 Å². The third-order valence-corrected chi connectivity index (χ3v) is 7.20. The number of piperazine rings is 1. The van der Waals surface area contributed by atoms with Crippen LogP contribution in [0.3, 0.4) is 0 Å². The highest BCUT2D eigenvalue weighted by Gasteiger charge is 2.30. The van der Waals surface area contributed by atoms with Crippen LogP contribution in [-0.2, 0) is 9.59 Å². The quantitative estimate of drug-likeness (QED) is 0.633. The van der Waals surface area contributed by atoms with E-state index < -0.39 is 0 Å². The van der Waals surface area contributed by atoms with Crippen LogP contribution in [-0.4, -0.2) is 54.3 Å². The van der Waals surface area contributed by atoms with E-state index in [2.05, 4.69) is 47.1 Å². The van der Waals surface area contributed by atoms with Gasteiger partial charge in [-0.1, -0.05) is 24.3 Å². The minimum atomic E-state index is 0.241. The first-order chi connectivity index (χ1) is 15.1. The van der Waals surface area contributed by atoms with Crippen molar-refractivity contribution in [2.75, 3.05) is 37.6 Å². The SMILES string of the molecule is Cc1ccccc1N1CCN(C(=O)CCCCC(=O)N2CCCC3CCCC=C32)CC1. The Labute approximate surface area is 187 Å². The Hall–Kier alpha value is -2.30. The first-order valence-corrected chi connectivity index (χ1v) is 12.2. The summed E-state index contributed by atoms with van der Waals surface area (Å²) in [7, 11) is 0. The number of carbonyl (C=O) groups excluding carboxylic acids is 2. The van der Waals surface area contributed by atoms with E-state index in [-0.39, 0.29) is 11.8 Å². The molecule has 2 aliphatic heterocycles. The fourth-order valence-corrected chi connectivity index (χ4v) is 5.41.